The molecule has 1 amide bonds. The molecule has 0 radical (unpaired) electrons. The Balaban J connectivity index is 2.39. The van der Waals surface area contributed by atoms with Gasteiger partial charge in [-0.3, -0.25) is 9.59 Å². The zero-order valence-electron chi connectivity index (χ0n) is 12.1. The summed E-state index contributed by atoms with van der Waals surface area (Å²) in [7, 11) is 0. The average molecular weight is 313 g/mol. The minimum Gasteiger partial charge on any atom is -0.481 e. The highest BCUT2D eigenvalue weighted by molar-refractivity contribution is 7.99. The van der Waals surface area contributed by atoms with E-state index in [2.05, 4.69) is 5.32 Å². The molecule has 0 aliphatic heterocycles. The summed E-state index contributed by atoms with van der Waals surface area (Å²) < 4.78 is 13.4. The van der Waals surface area contributed by atoms with E-state index in [1.165, 1.54) is 17.8 Å². The smallest absolute Gasteiger partial charge is 0.305 e. The summed E-state index contributed by atoms with van der Waals surface area (Å²) in [6.07, 6.45) is 0.131. The standard InChI is InChI=1S/C15H20FNO3S/c1-10(2)12(9-15(19)20)17-14(18)7-8-21-13-6-4-3-5-11(13)16/h3-6,10,12H,7-9H2,1-2H3,(H,17,18)(H,19,20). The van der Waals surface area contributed by atoms with E-state index < -0.39 is 5.97 Å². The van der Waals surface area contributed by atoms with Gasteiger partial charge in [0.25, 0.3) is 0 Å². The number of carbonyl (C=O) groups excluding carboxylic acids is 1. The lowest BCUT2D eigenvalue weighted by Gasteiger charge is -2.20. The van der Waals surface area contributed by atoms with Gasteiger partial charge in [-0.1, -0.05) is 26.0 Å². The van der Waals surface area contributed by atoms with Crippen LogP contribution < -0.4 is 5.32 Å². The van der Waals surface area contributed by atoms with E-state index in [0.717, 1.165) is 0 Å². The minimum atomic E-state index is -0.935. The second-order valence-electron chi connectivity index (χ2n) is 5.04. The van der Waals surface area contributed by atoms with Gasteiger partial charge in [0.2, 0.25) is 5.91 Å². The minimum absolute atomic E-state index is 0.0456. The maximum Gasteiger partial charge on any atom is 0.305 e. The van der Waals surface area contributed by atoms with Crippen molar-refractivity contribution in [3.8, 4) is 0 Å². The Morgan fingerprint density at radius 3 is 2.57 bits per heavy atom. The second-order valence-corrected chi connectivity index (χ2v) is 6.18. The van der Waals surface area contributed by atoms with Crippen molar-refractivity contribution in [3.63, 3.8) is 0 Å². The molecule has 21 heavy (non-hydrogen) atoms. The molecule has 116 valence electrons. The zero-order valence-corrected chi connectivity index (χ0v) is 13.0. The van der Waals surface area contributed by atoms with Crippen molar-refractivity contribution in [2.45, 2.75) is 37.6 Å². The van der Waals surface area contributed by atoms with Crippen LogP contribution in [0.3, 0.4) is 0 Å². The molecule has 0 aliphatic carbocycles. The van der Waals surface area contributed by atoms with Gasteiger partial charge in [-0.25, -0.2) is 4.39 Å². The van der Waals surface area contributed by atoms with Crippen molar-refractivity contribution in [1.29, 1.82) is 0 Å². The Morgan fingerprint density at radius 1 is 1.33 bits per heavy atom. The fourth-order valence-electron chi connectivity index (χ4n) is 1.74. The molecule has 1 aromatic rings. The van der Waals surface area contributed by atoms with Crippen LogP contribution in [0.4, 0.5) is 4.39 Å². The van der Waals surface area contributed by atoms with Gasteiger partial charge in [0.05, 0.1) is 6.42 Å². The van der Waals surface area contributed by atoms with E-state index in [0.29, 0.717) is 10.6 Å². The van der Waals surface area contributed by atoms with Gasteiger partial charge in [0.15, 0.2) is 0 Å². The van der Waals surface area contributed by atoms with Crippen molar-refractivity contribution in [2.24, 2.45) is 5.92 Å². The first-order chi connectivity index (χ1) is 9.90. The van der Waals surface area contributed by atoms with Crippen LogP contribution in [0.1, 0.15) is 26.7 Å². The monoisotopic (exact) mass is 313 g/mol. The molecule has 0 spiro atoms. The predicted molar refractivity (Wildman–Crippen MR) is 80.8 cm³/mol. The molecule has 0 heterocycles. The number of amides is 1. The fraction of sp³-hybridized carbons (Fsp3) is 0.467. The number of carbonyl (C=O) groups is 2. The molecule has 1 unspecified atom stereocenters. The van der Waals surface area contributed by atoms with Crippen molar-refractivity contribution in [2.75, 3.05) is 5.75 Å². The highest BCUT2D eigenvalue weighted by Gasteiger charge is 2.19. The van der Waals surface area contributed by atoms with Gasteiger partial charge >= 0.3 is 5.97 Å². The van der Waals surface area contributed by atoms with Gasteiger partial charge in [-0.15, -0.1) is 11.8 Å². The number of hydrogen-bond donors (Lipinski definition) is 2. The van der Waals surface area contributed by atoms with E-state index in [9.17, 15) is 14.0 Å². The summed E-state index contributed by atoms with van der Waals surface area (Å²) in [5.74, 6) is -0.948. The van der Waals surface area contributed by atoms with Gasteiger partial charge in [-0.2, -0.15) is 0 Å². The molecule has 0 aromatic heterocycles. The van der Waals surface area contributed by atoms with Gasteiger partial charge in [0, 0.05) is 23.1 Å². The highest BCUT2D eigenvalue weighted by Crippen LogP contribution is 2.21. The van der Waals surface area contributed by atoms with Crippen molar-refractivity contribution in [3.05, 3.63) is 30.1 Å². The summed E-state index contributed by atoms with van der Waals surface area (Å²) >= 11 is 1.27. The number of hydrogen-bond acceptors (Lipinski definition) is 3. The van der Waals surface area contributed by atoms with Crippen LogP contribution in [-0.2, 0) is 9.59 Å². The third-order valence-corrected chi connectivity index (χ3v) is 4.02. The van der Waals surface area contributed by atoms with Crippen LogP contribution in [0.2, 0.25) is 0 Å². The van der Waals surface area contributed by atoms with Gasteiger partial charge in [0.1, 0.15) is 5.82 Å². The Kier molecular flexibility index (Phi) is 7.22. The number of thioether (sulfide) groups is 1. The molecule has 6 heteroatoms. The normalized spacial score (nSPS) is 12.2. The van der Waals surface area contributed by atoms with E-state index >= 15 is 0 Å². The topological polar surface area (TPSA) is 66.4 Å². The molecule has 1 rings (SSSR count). The molecule has 0 saturated heterocycles. The van der Waals surface area contributed by atoms with E-state index in [1.807, 2.05) is 13.8 Å². The molecule has 0 bridgehead atoms. The summed E-state index contributed by atoms with van der Waals surface area (Å²) in [5, 5.41) is 11.5. The number of nitrogens with one attached hydrogen (secondary N) is 1. The van der Waals surface area contributed by atoms with Crippen molar-refractivity contribution in [1.82, 2.24) is 5.32 Å². The van der Waals surface area contributed by atoms with Gasteiger partial charge < -0.3 is 10.4 Å². The summed E-state index contributed by atoms with van der Waals surface area (Å²) in [4.78, 5) is 23.0. The number of carboxylic acid groups (broad SMARTS) is 1. The van der Waals surface area contributed by atoms with Crippen LogP contribution in [0, 0.1) is 11.7 Å². The van der Waals surface area contributed by atoms with Crippen LogP contribution >= 0.6 is 11.8 Å². The molecule has 0 aliphatic rings. The van der Waals surface area contributed by atoms with Crippen molar-refractivity contribution < 1.29 is 19.1 Å². The summed E-state index contributed by atoms with van der Waals surface area (Å²) in [5.41, 5.74) is 0. The third kappa shape index (κ3) is 6.62. The lowest BCUT2D eigenvalue weighted by Crippen LogP contribution is -2.40. The van der Waals surface area contributed by atoms with Crippen LogP contribution in [-0.4, -0.2) is 28.8 Å². The van der Waals surface area contributed by atoms with Gasteiger partial charge in [-0.05, 0) is 18.1 Å². The van der Waals surface area contributed by atoms with Crippen LogP contribution in [0.5, 0.6) is 0 Å². The number of benzene rings is 1. The number of carboxylic acids is 1. The Labute approximate surface area is 128 Å². The molecule has 4 nitrogen and oxygen atoms in total. The largest absolute Gasteiger partial charge is 0.481 e. The molecular formula is C15H20FNO3S. The first kappa shape index (κ1) is 17.5. The Morgan fingerprint density at radius 2 is 2.00 bits per heavy atom. The fourth-order valence-corrected chi connectivity index (χ4v) is 2.62. The third-order valence-electron chi connectivity index (χ3n) is 2.97. The first-order valence-electron chi connectivity index (χ1n) is 6.78. The van der Waals surface area contributed by atoms with E-state index in [-0.39, 0.29) is 36.5 Å². The van der Waals surface area contributed by atoms with E-state index in [4.69, 9.17) is 5.11 Å². The quantitative estimate of drug-likeness (QED) is 0.724. The summed E-state index contributed by atoms with van der Waals surface area (Å²) in [6, 6.07) is 6.02. The zero-order chi connectivity index (χ0) is 15.8. The van der Waals surface area contributed by atoms with Crippen molar-refractivity contribution >= 4 is 23.6 Å². The average Bonchev–Trinajstić information content (AvgIpc) is 2.39. The Bertz CT molecular complexity index is 494. The SMILES string of the molecule is CC(C)C(CC(=O)O)NC(=O)CCSc1ccccc1F. The lowest BCUT2D eigenvalue weighted by molar-refractivity contribution is -0.138. The molecular weight excluding hydrogens is 293 g/mol. The van der Waals surface area contributed by atoms with Crippen LogP contribution in [0.25, 0.3) is 0 Å². The maximum absolute atomic E-state index is 13.4. The molecule has 1 atom stereocenters. The lowest BCUT2D eigenvalue weighted by atomic mass is 10.0. The number of rotatable bonds is 8. The molecule has 0 fully saturated rings. The summed E-state index contributed by atoms with van der Waals surface area (Å²) in [6.45, 7) is 3.73. The molecule has 0 saturated carbocycles. The first-order valence-corrected chi connectivity index (χ1v) is 7.77. The molecule has 1 aromatic carbocycles. The second kappa shape index (κ2) is 8.67. The highest BCUT2D eigenvalue weighted by atomic mass is 32.2. The Hall–Kier alpha value is -1.56. The molecule has 2 N–H and O–H groups in total. The number of halogens is 1. The number of aliphatic carboxylic acids is 1. The van der Waals surface area contributed by atoms with E-state index in [1.54, 1.807) is 18.2 Å². The maximum atomic E-state index is 13.4. The predicted octanol–water partition coefficient (Wildman–Crippen LogP) is 2.92. The van der Waals surface area contributed by atoms with Crippen LogP contribution in [0.15, 0.2) is 29.2 Å².